The lowest BCUT2D eigenvalue weighted by Crippen LogP contribution is -2.48. The molecule has 0 saturated carbocycles. The van der Waals surface area contributed by atoms with Gasteiger partial charge in [0.15, 0.2) is 0 Å². The Morgan fingerprint density at radius 2 is 1.68 bits per heavy atom. The van der Waals surface area contributed by atoms with E-state index in [1.165, 1.54) is 17.0 Å². The van der Waals surface area contributed by atoms with Crippen LogP contribution < -0.4 is 10.6 Å². The Hall–Kier alpha value is -3.30. The van der Waals surface area contributed by atoms with Gasteiger partial charge < -0.3 is 30.1 Å². The Bertz CT molecular complexity index is 899. The highest BCUT2D eigenvalue weighted by Gasteiger charge is 2.32. The fourth-order valence-electron chi connectivity index (χ4n) is 3.81. The summed E-state index contributed by atoms with van der Waals surface area (Å²) < 4.78 is 10.1. The molecule has 0 radical (unpaired) electrons. The molecule has 38 heavy (non-hydrogen) atoms. The van der Waals surface area contributed by atoms with Crippen LogP contribution in [0.4, 0.5) is 4.79 Å². The number of carbonyl (C=O) groups is 4. The summed E-state index contributed by atoms with van der Waals surface area (Å²) in [5, 5.41) is 15.3. The van der Waals surface area contributed by atoms with Crippen molar-refractivity contribution in [2.45, 2.75) is 91.2 Å². The summed E-state index contributed by atoms with van der Waals surface area (Å²) in [5.74, 6) is -1.47. The fourth-order valence-corrected chi connectivity index (χ4v) is 3.81. The Morgan fingerprint density at radius 3 is 2.32 bits per heavy atom. The number of nitrogens with one attached hydrogen (secondary N) is 2. The van der Waals surface area contributed by atoms with Crippen molar-refractivity contribution in [2.24, 2.45) is 0 Å². The zero-order valence-electron chi connectivity index (χ0n) is 23.5. The van der Waals surface area contributed by atoms with E-state index in [0.717, 1.165) is 32.1 Å². The molecule has 3 amide bonds. The fraction of sp³-hybridized carbons (Fsp3) is 0.643. The number of hydrogen-bond donors (Lipinski definition) is 3. The van der Waals surface area contributed by atoms with Gasteiger partial charge in [-0.25, -0.2) is 4.79 Å². The Kier molecular flexibility index (Phi) is 14.9. The molecule has 0 heterocycles. The highest BCUT2D eigenvalue weighted by Crippen LogP contribution is 2.25. The van der Waals surface area contributed by atoms with Crippen LogP contribution in [0.5, 0.6) is 5.75 Å². The van der Waals surface area contributed by atoms with E-state index < -0.39 is 35.5 Å². The van der Waals surface area contributed by atoms with Crippen LogP contribution in [0.2, 0.25) is 0 Å². The maximum absolute atomic E-state index is 13.4. The first kappa shape index (κ1) is 32.7. The van der Waals surface area contributed by atoms with Crippen molar-refractivity contribution in [2.75, 3.05) is 26.2 Å². The van der Waals surface area contributed by atoms with Crippen molar-refractivity contribution in [1.82, 2.24) is 15.5 Å². The lowest BCUT2D eigenvalue weighted by Gasteiger charge is -2.32. The maximum atomic E-state index is 13.4. The number of carbonyl (C=O) groups excluding carboxylic acids is 4. The van der Waals surface area contributed by atoms with Crippen LogP contribution in [0.3, 0.4) is 0 Å². The number of rotatable bonds is 16. The van der Waals surface area contributed by atoms with E-state index in [1.807, 2.05) is 0 Å². The number of phenolic OH excluding ortho intramolecular Hbond substituents is 1. The second-order valence-electron chi connectivity index (χ2n) is 10.1. The number of esters is 1. The third kappa shape index (κ3) is 13.3. The van der Waals surface area contributed by atoms with E-state index in [-0.39, 0.29) is 38.4 Å². The molecular weight excluding hydrogens is 490 g/mol. The van der Waals surface area contributed by atoms with Gasteiger partial charge in [-0.2, -0.15) is 0 Å². The van der Waals surface area contributed by atoms with Crippen LogP contribution in [0.25, 0.3) is 0 Å². The van der Waals surface area contributed by atoms with Crippen LogP contribution in [-0.4, -0.2) is 65.7 Å². The summed E-state index contributed by atoms with van der Waals surface area (Å²) in [4.78, 5) is 52.1. The second-order valence-corrected chi connectivity index (χ2v) is 10.1. The molecule has 0 saturated heterocycles. The number of ether oxygens (including phenoxy) is 2. The minimum Gasteiger partial charge on any atom is -0.508 e. The highest BCUT2D eigenvalue weighted by atomic mass is 16.6. The normalized spacial score (nSPS) is 11.8. The van der Waals surface area contributed by atoms with Crippen LogP contribution in [0, 0.1) is 0 Å². The average Bonchev–Trinajstić information content (AvgIpc) is 2.83. The predicted octanol–water partition coefficient (Wildman–Crippen LogP) is 4.22. The largest absolute Gasteiger partial charge is 0.508 e. The molecule has 0 aliphatic rings. The van der Waals surface area contributed by atoms with Crippen molar-refractivity contribution in [3.05, 3.63) is 29.8 Å². The van der Waals surface area contributed by atoms with Gasteiger partial charge in [0.05, 0.1) is 13.0 Å². The standard InChI is InChI=1S/C28H45N3O7/c1-6-8-9-10-11-12-18-31(23(33)20-30-27(36)38-28(3,4)5)25(21-14-13-15-22(32)19-21)26(35)29-17-16-24(34)37-7-2/h13-15,19,25,32H,6-12,16-18,20H2,1-5H3,(H,29,35)(H,30,36). The predicted molar refractivity (Wildman–Crippen MR) is 144 cm³/mol. The first-order valence-electron chi connectivity index (χ1n) is 13.5. The van der Waals surface area contributed by atoms with Crippen molar-refractivity contribution in [3.63, 3.8) is 0 Å². The SMILES string of the molecule is CCCCCCCCN(C(=O)CNC(=O)OC(C)(C)C)C(C(=O)NCCC(=O)OCC)c1cccc(O)c1. The van der Waals surface area contributed by atoms with Gasteiger partial charge >= 0.3 is 12.1 Å². The highest BCUT2D eigenvalue weighted by molar-refractivity contribution is 5.90. The van der Waals surface area contributed by atoms with E-state index in [4.69, 9.17) is 9.47 Å². The molecule has 0 aliphatic heterocycles. The smallest absolute Gasteiger partial charge is 0.408 e. The molecule has 1 rings (SSSR count). The number of alkyl carbamates (subject to hydrolysis) is 1. The monoisotopic (exact) mass is 535 g/mol. The lowest BCUT2D eigenvalue weighted by atomic mass is 10.0. The van der Waals surface area contributed by atoms with Gasteiger partial charge in [-0.05, 0) is 51.8 Å². The number of phenols is 1. The zero-order valence-corrected chi connectivity index (χ0v) is 23.5. The molecule has 0 spiro atoms. The van der Waals surface area contributed by atoms with Crippen LogP contribution in [0.1, 0.15) is 91.2 Å². The maximum Gasteiger partial charge on any atom is 0.408 e. The minimum absolute atomic E-state index is 0.0160. The summed E-state index contributed by atoms with van der Waals surface area (Å²) >= 11 is 0. The van der Waals surface area contributed by atoms with E-state index in [2.05, 4.69) is 17.6 Å². The van der Waals surface area contributed by atoms with Crippen molar-refractivity contribution >= 4 is 23.9 Å². The molecule has 1 atom stereocenters. The molecule has 1 aromatic rings. The van der Waals surface area contributed by atoms with E-state index in [0.29, 0.717) is 12.0 Å². The molecule has 0 fully saturated rings. The van der Waals surface area contributed by atoms with E-state index in [9.17, 15) is 24.3 Å². The molecule has 10 nitrogen and oxygen atoms in total. The van der Waals surface area contributed by atoms with Gasteiger partial charge in [0.25, 0.3) is 0 Å². The molecule has 1 unspecified atom stereocenters. The Labute approximate surface area is 226 Å². The van der Waals surface area contributed by atoms with Crippen LogP contribution in [0.15, 0.2) is 24.3 Å². The van der Waals surface area contributed by atoms with Crippen LogP contribution in [-0.2, 0) is 23.9 Å². The second kappa shape index (κ2) is 17.3. The minimum atomic E-state index is -1.08. The quantitative estimate of drug-likeness (QED) is 0.213. The van der Waals surface area contributed by atoms with Gasteiger partial charge in [-0.3, -0.25) is 14.4 Å². The molecule has 3 N–H and O–H groups in total. The van der Waals surface area contributed by atoms with Crippen molar-refractivity contribution in [3.8, 4) is 5.75 Å². The Balaban J connectivity index is 3.12. The van der Waals surface area contributed by atoms with E-state index >= 15 is 0 Å². The summed E-state index contributed by atoms with van der Waals surface area (Å²) in [6.45, 7) is 9.17. The third-order valence-electron chi connectivity index (χ3n) is 5.54. The molecule has 0 aromatic heterocycles. The molecule has 0 bridgehead atoms. The third-order valence-corrected chi connectivity index (χ3v) is 5.54. The van der Waals surface area contributed by atoms with Crippen molar-refractivity contribution in [1.29, 1.82) is 0 Å². The molecule has 0 aliphatic carbocycles. The van der Waals surface area contributed by atoms with Gasteiger partial charge in [-0.1, -0.05) is 51.2 Å². The first-order valence-corrected chi connectivity index (χ1v) is 13.5. The summed E-state index contributed by atoms with van der Waals surface area (Å²) in [6.07, 6.45) is 5.14. The molecule has 10 heteroatoms. The molecule has 1 aromatic carbocycles. The summed E-state index contributed by atoms with van der Waals surface area (Å²) in [6, 6.07) is 5.07. The number of benzene rings is 1. The number of nitrogens with zero attached hydrogens (tertiary/aromatic N) is 1. The molecular formula is C28H45N3O7. The van der Waals surface area contributed by atoms with Gasteiger partial charge in [-0.15, -0.1) is 0 Å². The summed E-state index contributed by atoms with van der Waals surface area (Å²) in [5.41, 5.74) is -0.316. The number of unbranched alkanes of at least 4 members (excludes halogenated alkanes) is 5. The topological polar surface area (TPSA) is 134 Å². The number of hydrogen-bond acceptors (Lipinski definition) is 7. The zero-order chi connectivity index (χ0) is 28.6. The number of aromatic hydroxyl groups is 1. The number of amides is 3. The van der Waals surface area contributed by atoms with E-state index in [1.54, 1.807) is 39.8 Å². The van der Waals surface area contributed by atoms with Crippen molar-refractivity contribution < 1.29 is 33.8 Å². The summed E-state index contributed by atoms with van der Waals surface area (Å²) in [7, 11) is 0. The Morgan fingerprint density at radius 1 is 1.00 bits per heavy atom. The van der Waals surface area contributed by atoms with Crippen LogP contribution >= 0.6 is 0 Å². The molecule has 214 valence electrons. The lowest BCUT2D eigenvalue weighted by molar-refractivity contribution is -0.143. The van der Waals surface area contributed by atoms with Gasteiger partial charge in [0.1, 0.15) is 23.9 Å². The first-order chi connectivity index (χ1) is 18.0. The van der Waals surface area contributed by atoms with Gasteiger partial charge in [0.2, 0.25) is 11.8 Å². The average molecular weight is 536 g/mol. The van der Waals surface area contributed by atoms with Gasteiger partial charge in [0, 0.05) is 13.1 Å².